The van der Waals surface area contributed by atoms with Gasteiger partial charge in [0.2, 0.25) is 5.91 Å². The van der Waals surface area contributed by atoms with Gasteiger partial charge >= 0.3 is 5.97 Å². The molecular formula is C15H20N2O3. The lowest BCUT2D eigenvalue weighted by molar-refractivity contribution is -0.146. The zero-order chi connectivity index (χ0) is 14.8. The molecule has 1 aromatic rings. The van der Waals surface area contributed by atoms with E-state index in [2.05, 4.69) is 10.6 Å². The molecule has 0 saturated heterocycles. The molecule has 1 aliphatic heterocycles. The number of hydrogen-bond donors (Lipinski definition) is 3. The summed E-state index contributed by atoms with van der Waals surface area (Å²) in [6.07, 6.45) is 0.719. The maximum absolute atomic E-state index is 12.3. The molecule has 1 heterocycles. The Labute approximate surface area is 118 Å². The molecule has 0 radical (unpaired) electrons. The first kappa shape index (κ1) is 14.4. The first-order valence-electron chi connectivity index (χ1n) is 6.76. The zero-order valence-electron chi connectivity index (χ0n) is 11.8. The highest BCUT2D eigenvalue weighted by molar-refractivity contribution is 5.87. The van der Waals surface area contributed by atoms with E-state index in [-0.39, 0.29) is 18.4 Å². The number of benzene rings is 1. The average Bonchev–Trinajstić information content (AvgIpc) is 2.44. The van der Waals surface area contributed by atoms with E-state index >= 15 is 0 Å². The SMILES string of the molecule is CC(C)(CNC(=O)C1CCNc2ccccc21)C(=O)O. The minimum atomic E-state index is -0.956. The van der Waals surface area contributed by atoms with Crippen molar-refractivity contribution in [3.63, 3.8) is 0 Å². The van der Waals surface area contributed by atoms with Gasteiger partial charge in [-0.15, -0.1) is 0 Å². The van der Waals surface area contributed by atoms with Crippen LogP contribution in [-0.4, -0.2) is 30.1 Å². The number of fused-ring (bicyclic) bond motifs is 1. The number of nitrogens with one attached hydrogen (secondary N) is 2. The third-order valence-electron chi connectivity index (χ3n) is 3.68. The van der Waals surface area contributed by atoms with Crippen LogP contribution in [0.2, 0.25) is 0 Å². The van der Waals surface area contributed by atoms with Crippen LogP contribution < -0.4 is 10.6 Å². The fourth-order valence-corrected chi connectivity index (χ4v) is 2.25. The number of aliphatic carboxylic acids is 1. The van der Waals surface area contributed by atoms with Gasteiger partial charge in [0.15, 0.2) is 0 Å². The molecule has 1 atom stereocenters. The Morgan fingerprint density at radius 1 is 1.40 bits per heavy atom. The molecule has 1 amide bonds. The normalized spacial score (nSPS) is 17.8. The van der Waals surface area contributed by atoms with E-state index in [1.807, 2.05) is 24.3 Å². The van der Waals surface area contributed by atoms with E-state index in [9.17, 15) is 9.59 Å². The monoisotopic (exact) mass is 276 g/mol. The molecule has 0 aromatic heterocycles. The molecule has 1 aromatic carbocycles. The number of para-hydroxylation sites is 1. The van der Waals surface area contributed by atoms with Crippen LogP contribution in [-0.2, 0) is 9.59 Å². The van der Waals surface area contributed by atoms with Gasteiger partial charge in [0.05, 0.1) is 11.3 Å². The smallest absolute Gasteiger partial charge is 0.310 e. The Hall–Kier alpha value is -2.04. The predicted octanol–water partition coefficient (Wildman–Crippen LogP) is 1.81. The molecule has 1 aliphatic rings. The lowest BCUT2D eigenvalue weighted by Crippen LogP contribution is -2.41. The van der Waals surface area contributed by atoms with Gasteiger partial charge in [-0.1, -0.05) is 18.2 Å². The van der Waals surface area contributed by atoms with Gasteiger partial charge in [-0.2, -0.15) is 0 Å². The molecule has 1 unspecified atom stereocenters. The minimum absolute atomic E-state index is 0.103. The van der Waals surface area contributed by atoms with Crippen molar-refractivity contribution in [2.75, 3.05) is 18.4 Å². The molecule has 108 valence electrons. The second kappa shape index (κ2) is 5.53. The molecule has 0 bridgehead atoms. The van der Waals surface area contributed by atoms with Crippen LogP contribution >= 0.6 is 0 Å². The zero-order valence-corrected chi connectivity index (χ0v) is 11.8. The van der Waals surface area contributed by atoms with E-state index < -0.39 is 11.4 Å². The van der Waals surface area contributed by atoms with Crippen molar-refractivity contribution in [1.82, 2.24) is 5.32 Å². The highest BCUT2D eigenvalue weighted by atomic mass is 16.4. The van der Waals surface area contributed by atoms with Crippen LogP contribution in [0.4, 0.5) is 5.69 Å². The Bertz CT molecular complexity index is 526. The van der Waals surface area contributed by atoms with Gasteiger partial charge in [0.25, 0.3) is 0 Å². The summed E-state index contributed by atoms with van der Waals surface area (Å²) >= 11 is 0. The number of hydrogen-bond acceptors (Lipinski definition) is 3. The predicted molar refractivity (Wildman–Crippen MR) is 76.7 cm³/mol. The summed E-state index contributed by atoms with van der Waals surface area (Å²) in [6.45, 7) is 4.09. The summed E-state index contributed by atoms with van der Waals surface area (Å²) in [5.74, 6) is -1.23. The van der Waals surface area contributed by atoms with Crippen molar-refractivity contribution in [2.45, 2.75) is 26.2 Å². The maximum atomic E-state index is 12.3. The summed E-state index contributed by atoms with van der Waals surface area (Å²) < 4.78 is 0. The Morgan fingerprint density at radius 2 is 2.10 bits per heavy atom. The lowest BCUT2D eigenvalue weighted by Gasteiger charge is -2.27. The topological polar surface area (TPSA) is 78.4 Å². The van der Waals surface area contributed by atoms with Gasteiger partial charge in [0, 0.05) is 18.8 Å². The number of carboxylic acids is 1. The van der Waals surface area contributed by atoms with E-state index in [0.29, 0.717) is 0 Å². The van der Waals surface area contributed by atoms with Gasteiger partial charge in [-0.3, -0.25) is 9.59 Å². The minimum Gasteiger partial charge on any atom is -0.481 e. The summed E-state index contributed by atoms with van der Waals surface area (Å²) in [4.78, 5) is 23.3. The van der Waals surface area contributed by atoms with E-state index in [1.165, 1.54) is 0 Å². The van der Waals surface area contributed by atoms with Crippen molar-refractivity contribution < 1.29 is 14.7 Å². The summed E-state index contributed by atoms with van der Waals surface area (Å²) in [5.41, 5.74) is 1.00. The van der Waals surface area contributed by atoms with Gasteiger partial charge in [0.1, 0.15) is 0 Å². The molecule has 0 aliphatic carbocycles. The second-order valence-electron chi connectivity index (χ2n) is 5.76. The van der Waals surface area contributed by atoms with E-state index in [4.69, 9.17) is 5.11 Å². The number of carbonyl (C=O) groups is 2. The number of carboxylic acid groups (broad SMARTS) is 1. The molecule has 5 heteroatoms. The first-order valence-corrected chi connectivity index (χ1v) is 6.76. The van der Waals surface area contributed by atoms with Crippen LogP contribution in [0.15, 0.2) is 24.3 Å². The molecule has 0 saturated carbocycles. The Morgan fingerprint density at radius 3 is 2.80 bits per heavy atom. The highest BCUT2D eigenvalue weighted by Crippen LogP contribution is 2.31. The maximum Gasteiger partial charge on any atom is 0.310 e. The van der Waals surface area contributed by atoms with Crippen LogP contribution in [0.25, 0.3) is 0 Å². The summed E-state index contributed by atoms with van der Waals surface area (Å²) in [5, 5.41) is 15.1. The largest absolute Gasteiger partial charge is 0.481 e. The number of anilines is 1. The van der Waals surface area contributed by atoms with Gasteiger partial charge < -0.3 is 15.7 Å². The quantitative estimate of drug-likeness (QED) is 0.783. The summed E-state index contributed by atoms with van der Waals surface area (Å²) in [7, 11) is 0. The molecule has 0 fully saturated rings. The second-order valence-corrected chi connectivity index (χ2v) is 5.76. The van der Waals surface area contributed by atoms with Crippen LogP contribution in [0.1, 0.15) is 31.7 Å². The fourth-order valence-electron chi connectivity index (χ4n) is 2.25. The van der Waals surface area contributed by atoms with Crippen molar-refractivity contribution in [2.24, 2.45) is 5.41 Å². The molecule has 3 N–H and O–H groups in total. The molecular weight excluding hydrogens is 256 g/mol. The van der Waals surface area contributed by atoms with Crippen molar-refractivity contribution in [1.29, 1.82) is 0 Å². The van der Waals surface area contributed by atoms with Crippen molar-refractivity contribution in [3.05, 3.63) is 29.8 Å². The van der Waals surface area contributed by atoms with Gasteiger partial charge in [-0.25, -0.2) is 0 Å². The van der Waals surface area contributed by atoms with Crippen molar-refractivity contribution in [3.8, 4) is 0 Å². The lowest BCUT2D eigenvalue weighted by atomic mass is 9.89. The molecule has 5 nitrogen and oxygen atoms in total. The van der Waals surface area contributed by atoms with Crippen molar-refractivity contribution >= 4 is 17.6 Å². The van der Waals surface area contributed by atoms with Crippen LogP contribution in [0.3, 0.4) is 0 Å². The standard InChI is InChI=1S/C15H20N2O3/c1-15(2,14(19)20)9-17-13(18)11-7-8-16-12-6-4-3-5-10(11)12/h3-6,11,16H,7-9H2,1-2H3,(H,17,18)(H,19,20). The Balaban J connectivity index is 2.06. The third-order valence-corrected chi connectivity index (χ3v) is 3.68. The number of amides is 1. The molecule has 0 spiro atoms. The van der Waals surface area contributed by atoms with Crippen LogP contribution in [0.5, 0.6) is 0 Å². The third kappa shape index (κ3) is 2.92. The average molecular weight is 276 g/mol. The van der Waals surface area contributed by atoms with Gasteiger partial charge in [-0.05, 0) is 31.9 Å². The van der Waals surface area contributed by atoms with Crippen LogP contribution in [0, 0.1) is 5.41 Å². The Kier molecular flexibility index (Phi) is 3.97. The molecule has 2 rings (SSSR count). The van der Waals surface area contributed by atoms with E-state index in [1.54, 1.807) is 13.8 Å². The fraction of sp³-hybridized carbons (Fsp3) is 0.467. The number of rotatable bonds is 4. The highest BCUT2D eigenvalue weighted by Gasteiger charge is 2.31. The first-order chi connectivity index (χ1) is 9.42. The summed E-state index contributed by atoms with van der Waals surface area (Å²) in [6, 6.07) is 7.73. The van der Waals surface area contributed by atoms with E-state index in [0.717, 1.165) is 24.2 Å². The molecule has 20 heavy (non-hydrogen) atoms. The number of carbonyl (C=O) groups excluding carboxylic acids is 1.